The van der Waals surface area contributed by atoms with E-state index >= 15 is 0 Å². The second kappa shape index (κ2) is 5.35. The van der Waals surface area contributed by atoms with Crippen LogP contribution in [-0.4, -0.2) is 19.7 Å². The number of nitrogens with zero attached hydrogens (tertiary/aromatic N) is 4. The summed E-state index contributed by atoms with van der Waals surface area (Å²) in [5.41, 5.74) is 3.77. The highest BCUT2D eigenvalue weighted by Crippen LogP contribution is 2.18. The molecule has 6 nitrogen and oxygen atoms in total. The summed E-state index contributed by atoms with van der Waals surface area (Å²) in [6.07, 6.45) is 5.71. The number of hydrazine groups is 1. The van der Waals surface area contributed by atoms with Gasteiger partial charge in [-0.3, -0.25) is 20.9 Å². The average molecular weight is 297 g/mol. The molecule has 1 unspecified atom stereocenters. The molecule has 17 heavy (non-hydrogen) atoms. The third-order valence-electron chi connectivity index (χ3n) is 2.52. The fourth-order valence-corrected chi connectivity index (χ4v) is 1.96. The number of halogens is 1. The van der Waals surface area contributed by atoms with Crippen molar-refractivity contribution in [2.45, 2.75) is 12.5 Å². The van der Waals surface area contributed by atoms with Gasteiger partial charge < -0.3 is 0 Å². The zero-order valence-corrected chi connectivity index (χ0v) is 10.9. The summed E-state index contributed by atoms with van der Waals surface area (Å²) >= 11 is 3.39. The zero-order valence-electron chi connectivity index (χ0n) is 9.34. The maximum absolute atomic E-state index is 5.57. The van der Waals surface area contributed by atoms with E-state index in [9.17, 15) is 0 Å². The smallest absolute Gasteiger partial charge is 0.138 e. The second-order valence-electron chi connectivity index (χ2n) is 3.66. The van der Waals surface area contributed by atoms with Crippen molar-refractivity contribution in [2.75, 3.05) is 0 Å². The van der Waals surface area contributed by atoms with Crippen LogP contribution in [0.25, 0.3) is 0 Å². The molecule has 2 aromatic rings. The molecule has 90 valence electrons. The number of aryl methyl sites for hydroxylation is 1. The fourth-order valence-electron chi connectivity index (χ4n) is 1.58. The molecule has 2 heterocycles. The molecule has 0 saturated carbocycles. The van der Waals surface area contributed by atoms with E-state index in [-0.39, 0.29) is 6.04 Å². The van der Waals surface area contributed by atoms with Gasteiger partial charge in [-0.2, -0.15) is 5.10 Å². The van der Waals surface area contributed by atoms with Gasteiger partial charge >= 0.3 is 0 Å². The molecule has 2 rings (SSSR count). The van der Waals surface area contributed by atoms with Gasteiger partial charge in [0.25, 0.3) is 0 Å². The van der Waals surface area contributed by atoms with Crippen molar-refractivity contribution < 1.29 is 0 Å². The molecule has 0 aliphatic rings. The Morgan fingerprint density at radius 3 is 2.94 bits per heavy atom. The minimum Gasteiger partial charge on any atom is -0.271 e. The van der Waals surface area contributed by atoms with E-state index in [1.807, 2.05) is 13.1 Å². The highest BCUT2D eigenvalue weighted by atomic mass is 79.9. The first-order valence-corrected chi connectivity index (χ1v) is 5.89. The summed E-state index contributed by atoms with van der Waals surface area (Å²) in [7, 11) is 1.86. The van der Waals surface area contributed by atoms with Gasteiger partial charge in [0.05, 0.1) is 6.04 Å². The van der Waals surface area contributed by atoms with E-state index in [2.05, 4.69) is 36.4 Å². The molecule has 0 aromatic carbocycles. The Balaban J connectivity index is 2.20. The molecule has 0 fully saturated rings. The summed E-state index contributed by atoms with van der Waals surface area (Å²) < 4.78 is 2.66. The number of nitrogens with two attached hydrogens (primary N) is 1. The summed E-state index contributed by atoms with van der Waals surface area (Å²) in [5, 5.41) is 4.03. The largest absolute Gasteiger partial charge is 0.271 e. The first-order valence-electron chi connectivity index (χ1n) is 5.10. The Hall–Kier alpha value is -1.31. The lowest BCUT2D eigenvalue weighted by molar-refractivity contribution is 0.521. The fraction of sp³-hybridized carbons (Fsp3) is 0.300. The van der Waals surface area contributed by atoms with Crippen LogP contribution in [0.2, 0.25) is 0 Å². The second-order valence-corrected chi connectivity index (χ2v) is 4.58. The number of hydrogen-bond acceptors (Lipinski definition) is 5. The summed E-state index contributed by atoms with van der Waals surface area (Å²) in [5.74, 6) is 6.44. The third kappa shape index (κ3) is 2.87. The van der Waals surface area contributed by atoms with E-state index in [1.165, 1.54) is 6.33 Å². The van der Waals surface area contributed by atoms with Crippen LogP contribution in [0.15, 0.2) is 29.3 Å². The lowest BCUT2D eigenvalue weighted by Crippen LogP contribution is -2.30. The van der Waals surface area contributed by atoms with Crippen LogP contribution in [0.4, 0.5) is 0 Å². The molecule has 0 radical (unpaired) electrons. The molecule has 0 aliphatic heterocycles. The summed E-state index contributed by atoms with van der Waals surface area (Å²) in [6, 6.07) is 1.94. The van der Waals surface area contributed by atoms with Gasteiger partial charge in [0.15, 0.2) is 0 Å². The van der Waals surface area contributed by atoms with Crippen LogP contribution in [0.1, 0.15) is 17.4 Å². The quantitative estimate of drug-likeness (QED) is 0.642. The molecule has 0 saturated heterocycles. The normalized spacial score (nSPS) is 12.6. The maximum atomic E-state index is 5.57. The van der Waals surface area contributed by atoms with Crippen molar-refractivity contribution >= 4 is 15.9 Å². The van der Waals surface area contributed by atoms with Gasteiger partial charge in [0.2, 0.25) is 0 Å². The number of rotatable bonds is 4. The number of nitrogens with one attached hydrogen (secondary N) is 1. The van der Waals surface area contributed by atoms with Gasteiger partial charge in [0, 0.05) is 30.3 Å². The molecule has 3 N–H and O–H groups in total. The van der Waals surface area contributed by atoms with Crippen molar-refractivity contribution in [1.29, 1.82) is 0 Å². The van der Waals surface area contributed by atoms with E-state index in [0.29, 0.717) is 6.42 Å². The molecule has 0 amide bonds. The highest BCUT2D eigenvalue weighted by molar-refractivity contribution is 9.10. The number of aromatic nitrogens is 4. The van der Waals surface area contributed by atoms with Crippen LogP contribution >= 0.6 is 15.9 Å². The van der Waals surface area contributed by atoms with Gasteiger partial charge in [-0.25, -0.2) is 4.98 Å². The standard InChI is InChI=1S/C10H13BrN6/c1-17-10(14-6-15-17)3-9(16-12)7-2-8(11)5-13-4-7/h2,4-6,9,16H,3,12H2,1H3. The van der Waals surface area contributed by atoms with Crippen LogP contribution < -0.4 is 11.3 Å². The Morgan fingerprint density at radius 2 is 2.35 bits per heavy atom. The van der Waals surface area contributed by atoms with E-state index < -0.39 is 0 Å². The minimum atomic E-state index is -0.0390. The Labute approximate surface area is 107 Å². The average Bonchev–Trinajstić information content (AvgIpc) is 2.71. The van der Waals surface area contributed by atoms with Gasteiger partial charge in [-0.1, -0.05) is 0 Å². The Kier molecular flexibility index (Phi) is 3.82. The van der Waals surface area contributed by atoms with Gasteiger partial charge in [-0.15, -0.1) is 0 Å². The van der Waals surface area contributed by atoms with Crippen molar-refractivity contribution in [1.82, 2.24) is 25.2 Å². The van der Waals surface area contributed by atoms with Crippen molar-refractivity contribution in [3.63, 3.8) is 0 Å². The maximum Gasteiger partial charge on any atom is 0.138 e. The first-order chi connectivity index (χ1) is 8.20. The summed E-state index contributed by atoms with van der Waals surface area (Å²) in [4.78, 5) is 8.30. The summed E-state index contributed by atoms with van der Waals surface area (Å²) in [6.45, 7) is 0. The highest BCUT2D eigenvalue weighted by Gasteiger charge is 2.14. The van der Waals surface area contributed by atoms with E-state index in [0.717, 1.165) is 15.9 Å². The Bertz CT molecular complexity index is 497. The number of hydrogen-bond donors (Lipinski definition) is 2. The predicted molar refractivity (Wildman–Crippen MR) is 66.7 cm³/mol. The molecular weight excluding hydrogens is 284 g/mol. The predicted octanol–water partition coefficient (Wildman–Crippen LogP) is 0.720. The molecule has 0 aliphatic carbocycles. The molecule has 0 bridgehead atoms. The molecule has 7 heteroatoms. The van der Waals surface area contributed by atoms with Crippen LogP contribution in [-0.2, 0) is 13.5 Å². The van der Waals surface area contributed by atoms with Gasteiger partial charge in [-0.05, 0) is 27.6 Å². The van der Waals surface area contributed by atoms with Crippen molar-refractivity contribution in [2.24, 2.45) is 12.9 Å². The van der Waals surface area contributed by atoms with E-state index in [4.69, 9.17) is 5.84 Å². The van der Waals surface area contributed by atoms with E-state index in [1.54, 1.807) is 17.1 Å². The molecule has 1 atom stereocenters. The van der Waals surface area contributed by atoms with Gasteiger partial charge in [0.1, 0.15) is 12.2 Å². The lowest BCUT2D eigenvalue weighted by atomic mass is 10.1. The van der Waals surface area contributed by atoms with Crippen LogP contribution in [0.5, 0.6) is 0 Å². The topological polar surface area (TPSA) is 81.7 Å². The minimum absolute atomic E-state index is 0.0390. The monoisotopic (exact) mass is 296 g/mol. The number of pyridine rings is 1. The molecule has 0 spiro atoms. The zero-order chi connectivity index (χ0) is 12.3. The van der Waals surface area contributed by atoms with Crippen molar-refractivity contribution in [3.8, 4) is 0 Å². The Morgan fingerprint density at radius 1 is 1.53 bits per heavy atom. The lowest BCUT2D eigenvalue weighted by Gasteiger charge is -2.15. The SMILES string of the molecule is Cn1ncnc1CC(NN)c1cncc(Br)c1. The molecular formula is C10H13BrN6. The van der Waals surface area contributed by atoms with Crippen LogP contribution in [0, 0.1) is 0 Å². The first kappa shape index (κ1) is 12.2. The van der Waals surface area contributed by atoms with Crippen molar-refractivity contribution in [3.05, 3.63) is 40.6 Å². The third-order valence-corrected chi connectivity index (χ3v) is 2.96. The molecule has 2 aromatic heterocycles. The van der Waals surface area contributed by atoms with Crippen LogP contribution in [0.3, 0.4) is 0 Å².